The molecule has 0 saturated heterocycles. The lowest BCUT2D eigenvalue weighted by molar-refractivity contribution is 0.194. The molecular weight excluding hydrogens is 191 g/mol. The molecular formula is C13H17FO. The molecule has 15 heavy (non-hydrogen) atoms. The van der Waals surface area contributed by atoms with Crippen molar-refractivity contribution >= 4 is 0 Å². The number of methoxy groups -OCH3 is 1. The number of hydrogen-bond donors (Lipinski definition) is 0. The Morgan fingerprint density at radius 3 is 2.73 bits per heavy atom. The maximum absolute atomic E-state index is 13.0. The SMILES string of the molecule is COc1cc(F)ccc1C[C@H]1CC[C@H]1C. The normalized spacial score (nSPS) is 24.7. The predicted octanol–water partition coefficient (Wildman–Crippen LogP) is 3.42. The van der Waals surface area contributed by atoms with Crippen LogP contribution < -0.4 is 4.74 Å². The summed E-state index contributed by atoms with van der Waals surface area (Å²) in [5, 5.41) is 0. The summed E-state index contributed by atoms with van der Waals surface area (Å²) in [4.78, 5) is 0. The van der Waals surface area contributed by atoms with Gasteiger partial charge in [-0.3, -0.25) is 0 Å². The van der Waals surface area contributed by atoms with E-state index >= 15 is 0 Å². The molecule has 1 saturated carbocycles. The molecule has 2 atom stereocenters. The zero-order valence-electron chi connectivity index (χ0n) is 9.29. The van der Waals surface area contributed by atoms with Gasteiger partial charge in [-0.2, -0.15) is 0 Å². The first-order valence-electron chi connectivity index (χ1n) is 5.53. The van der Waals surface area contributed by atoms with Crippen LogP contribution >= 0.6 is 0 Å². The Labute approximate surface area is 90.3 Å². The molecule has 1 aromatic rings. The van der Waals surface area contributed by atoms with Gasteiger partial charge < -0.3 is 4.74 Å². The molecule has 2 rings (SSSR count). The van der Waals surface area contributed by atoms with E-state index in [4.69, 9.17) is 4.74 Å². The van der Waals surface area contributed by atoms with E-state index in [1.807, 2.05) is 6.07 Å². The van der Waals surface area contributed by atoms with Crippen molar-refractivity contribution in [1.82, 2.24) is 0 Å². The second-order valence-corrected chi connectivity index (χ2v) is 4.48. The maximum Gasteiger partial charge on any atom is 0.126 e. The van der Waals surface area contributed by atoms with Gasteiger partial charge in [-0.15, -0.1) is 0 Å². The fourth-order valence-electron chi connectivity index (χ4n) is 2.21. The van der Waals surface area contributed by atoms with Gasteiger partial charge in [-0.05, 0) is 36.3 Å². The Balaban J connectivity index is 2.13. The van der Waals surface area contributed by atoms with Crippen molar-refractivity contribution in [2.75, 3.05) is 7.11 Å². The number of halogens is 1. The molecule has 0 amide bonds. The van der Waals surface area contributed by atoms with Crippen LogP contribution in [0.2, 0.25) is 0 Å². The lowest BCUT2D eigenvalue weighted by Crippen LogP contribution is -2.25. The van der Waals surface area contributed by atoms with Gasteiger partial charge in [-0.25, -0.2) is 4.39 Å². The van der Waals surface area contributed by atoms with E-state index in [1.54, 1.807) is 7.11 Å². The second kappa shape index (κ2) is 4.21. The summed E-state index contributed by atoms with van der Waals surface area (Å²) < 4.78 is 18.2. The minimum atomic E-state index is -0.225. The van der Waals surface area contributed by atoms with Crippen LogP contribution in [0.3, 0.4) is 0 Å². The van der Waals surface area contributed by atoms with Gasteiger partial charge in [0.2, 0.25) is 0 Å². The molecule has 0 unspecified atom stereocenters. The van der Waals surface area contributed by atoms with Gasteiger partial charge in [0.05, 0.1) is 7.11 Å². The van der Waals surface area contributed by atoms with Crippen molar-refractivity contribution < 1.29 is 9.13 Å². The molecule has 0 spiro atoms. The summed E-state index contributed by atoms with van der Waals surface area (Å²) in [6.45, 7) is 2.28. The molecule has 0 N–H and O–H groups in total. The van der Waals surface area contributed by atoms with Crippen LogP contribution in [0.25, 0.3) is 0 Å². The fraction of sp³-hybridized carbons (Fsp3) is 0.538. The highest BCUT2D eigenvalue weighted by molar-refractivity contribution is 5.34. The second-order valence-electron chi connectivity index (χ2n) is 4.48. The van der Waals surface area contributed by atoms with Crippen molar-refractivity contribution in [3.63, 3.8) is 0 Å². The van der Waals surface area contributed by atoms with Crippen LogP contribution in [0.15, 0.2) is 18.2 Å². The molecule has 1 nitrogen and oxygen atoms in total. The van der Waals surface area contributed by atoms with E-state index in [0.29, 0.717) is 5.75 Å². The lowest BCUT2D eigenvalue weighted by Gasteiger charge is -2.34. The molecule has 82 valence electrons. The van der Waals surface area contributed by atoms with Gasteiger partial charge in [0.15, 0.2) is 0 Å². The average molecular weight is 208 g/mol. The van der Waals surface area contributed by atoms with Crippen LogP contribution in [0.1, 0.15) is 25.3 Å². The summed E-state index contributed by atoms with van der Waals surface area (Å²) in [7, 11) is 1.60. The highest BCUT2D eigenvalue weighted by Gasteiger charge is 2.27. The van der Waals surface area contributed by atoms with Gasteiger partial charge in [0.25, 0.3) is 0 Å². The van der Waals surface area contributed by atoms with Crippen molar-refractivity contribution in [2.24, 2.45) is 11.8 Å². The van der Waals surface area contributed by atoms with Gasteiger partial charge >= 0.3 is 0 Å². The molecule has 1 aliphatic carbocycles. The summed E-state index contributed by atoms with van der Waals surface area (Å²) in [6.07, 6.45) is 3.64. The predicted molar refractivity (Wildman–Crippen MR) is 58.5 cm³/mol. The molecule has 0 bridgehead atoms. The Bertz CT molecular complexity index is 348. The van der Waals surface area contributed by atoms with Crippen LogP contribution in [0.4, 0.5) is 4.39 Å². The third-order valence-corrected chi connectivity index (χ3v) is 3.53. The molecule has 0 heterocycles. The van der Waals surface area contributed by atoms with Gasteiger partial charge in [0.1, 0.15) is 11.6 Å². The zero-order valence-corrected chi connectivity index (χ0v) is 9.29. The average Bonchev–Trinajstić information content (AvgIpc) is 2.25. The number of hydrogen-bond acceptors (Lipinski definition) is 1. The largest absolute Gasteiger partial charge is 0.496 e. The summed E-state index contributed by atoms with van der Waals surface area (Å²) >= 11 is 0. The summed E-state index contributed by atoms with van der Waals surface area (Å²) in [6, 6.07) is 4.83. The van der Waals surface area contributed by atoms with Gasteiger partial charge in [-0.1, -0.05) is 19.4 Å². The molecule has 0 radical (unpaired) electrons. The maximum atomic E-state index is 13.0. The van der Waals surface area contributed by atoms with Crippen LogP contribution in [-0.2, 0) is 6.42 Å². The van der Waals surface area contributed by atoms with Crippen molar-refractivity contribution in [3.8, 4) is 5.75 Å². The molecule has 0 aromatic heterocycles. The first-order valence-corrected chi connectivity index (χ1v) is 5.53. The number of benzene rings is 1. The molecule has 2 heteroatoms. The molecule has 1 aliphatic rings. The Morgan fingerprint density at radius 2 is 2.20 bits per heavy atom. The highest BCUT2D eigenvalue weighted by atomic mass is 19.1. The monoisotopic (exact) mass is 208 g/mol. The van der Waals surface area contributed by atoms with E-state index in [9.17, 15) is 4.39 Å². The Hall–Kier alpha value is -1.05. The molecule has 1 fully saturated rings. The zero-order chi connectivity index (χ0) is 10.8. The van der Waals surface area contributed by atoms with E-state index in [2.05, 4.69) is 6.92 Å². The van der Waals surface area contributed by atoms with E-state index in [-0.39, 0.29) is 5.82 Å². The van der Waals surface area contributed by atoms with E-state index in [0.717, 1.165) is 23.8 Å². The van der Waals surface area contributed by atoms with Crippen molar-refractivity contribution in [1.29, 1.82) is 0 Å². The smallest absolute Gasteiger partial charge is 0.126 e. The van der Waals surface area contributed by atoms with Crippen molar-refractivity contribution in [3.05, 3.63) is 29.6 Å². The van der Waals surface area contributed by atoms with Crippen LogP contribution in [0, 0.1) is 17.7 Å². The molecule has 1 aromatic carbocycles. The quantitative estimate of drug-likeness (QED) is 0.739. The topological polar surface area (TPSA) is 9.23 Å². The number of ether oxygens (including phenoxy) is 1. The minimum Gasteiger partial charge on any atom is -0.496 e. The minimum absolute atomic E-state index is 0.225. The summed E-state index contributed by atoms with van der Waals surface area (Å²) in [5.74, 6) is 2.02. The number of rotatable bonds is 3. The Kier molecular flexibility index (Phi) is 2.94. The fourth-order valence-corrected chi connectivity index (χ4v) is 2.21. The van der Waals surface area contributed by atoms with Crippen LogP contribution in [-0.4, -0.2) is 7.11 Å². The molecule has 0 aliphatic heterocycles. The third-order valence-electron chi connectivity index (χ3n) is 3.53. The lowest BCUT2D eigenvalue weighted by atomic mass is 9.72. The van der Waals surface area contributed by atoms with Gasteiger partial charge in [0, 0.05) is 6.07 Å². The summed E-state index contributed by atoms with van der Waals surface area (Å²) in [5.41, 5.74) is 1.13. The Morgan fingerprint density at radius 1 is 1.40 bits per heavy atom. The standard InChI is InChI=1S/C13H17FO/c1-9-3-4-10(9)7-11-5-6-12(14)8-13(11)15-2/h5-6,8-10H,3-4,7H2,1-2H3/t9-,10-/m1/s1. The first-order chi connectivity index (χ1) is 7.20. The highest BCUT2D eigenvalue weighted by Crippen LogP contribution is 2.37. The first kappa shape index (κ1) is 10.5. The van der Waals surface area contributed by atoms with E-state index < -0.39 is 0 Å². The third kappa shape index (κ3) is 2.14. The van der Waals surface area contributed by atoms with Crippen LogP contribution in [0.5, 0.6) is 5.75 Å². The van der Waals surface area contributed by atoms with E-state index in [1.165, 1.54) is 25.0 Å². The van der Waals surface area contributed by atoms with Crippen molar-refractivity contribution in [2.45, 2.75) is 26.2 Å².